The van der Waals surface area contributed by atoms with Crippen molar-refractivity contribution in [2.24, 2.45) is 0 Å². The molecule has 2 aromatic heterocycles. The molecule has 1 amide bonds. The van der Waals surface area contributed by atoms with E-state index in [1.165, 1.54) is 22.5 Å². The Morgan fingerprint density at radius 3 is 3.00 bits per heavy atom. The molecule has 3 aromatic rings. The van der Waals surface area contributed by atoms with Gasteiger partial charge in [-0.2, -0.15) is 0 Å². The normalized spacial score (nSPS) is 14.5. The summed E-state index contributed by atoms with van der Waals surface area (Å²) in [5, 5.41) is 1.89. The number of thiazole rings is 1. The molecule has 0 atom stereocenters. The Labute approximate surface area is 120 Å². The van der Waals surface area contributed by atoms with Gasteiger partial charge in [0.25, 0.3) is 5.91 Å². The first-order chi connectivity index (χ1) is 9.83. The number of nitrogens with zero attached hydrogens (tertiary/aromatic N) is 3. The summed E-state index contributed by atoms with van der Waals surface area (Å²) in [6.45, 7) is 1.48. The van der Waals surface area contributed by atoms with E-state index in [9.17, 15) is 4.79 Å². The van der Waals surface area contributed by atoms with Crippen molar-refractivity contribution in [2.45, 2.75) is 13.0 Å². The lowest BCUT2D eigenvalue weighted by Gasteiger charge is -2.28. The lowest BCUT2D eigenvalue weighted by Crippen LogP contribution is -2.36. The molecule has 5 heteroatoms. The number of benzene rings is 1. The molecule has 0 N–H and O–H groups in total. The van der Waals surface area contributed by atoms with Crippen LogP contribution in [0, 0.1) is 0 Å². The van der Waals surface area contributed by atoms with E-state index >= 15 is 0 Å². The maximum atomic E-state index is 12.7. The van der Waals surface area contributed by atoms with E-state index in [1.807, 2.05) is 26.9 Å². The molecule has 4 nitrogen and oxygen atoms in total. The molecule has 0 unspecified atom stereocenters. The second kappa shape index (κ2) is 4.45. The smallest absolute Gasteiger partial charge is 0.272 e. The van der Waals surface area contributed by atoms with E-state index in [-0.39, 0.29) is 5.91 Å². The Morgan fingerprint density at radius 1 is 1.25 bits per heavy atom. The lowest BCUT2D eigenvalue weighted by atomic mass is 10.00. The zero-order chi connectivity index (χ0) is 13.5. The van der Waals surface area contributed by atoms with Gasteiger partial charge in [-0.3, -0.25) is 9.20 Å². The van der Waals surface area contributed by atoms with Gasteiger partial charge >= 0.3 is 0 Å². The van der Waals surface area contributed by atoms with Crippen molar-refractivity contribution in [1.29, 1.82) is 0 Å². The number of imidazole rings is 1. The number of hydrogen-bond donors (Lipinski definition) is 0. The third-order valence-corrected chi connectivity index (χ3v) is 4.63. The molecule has 0 radical (unpaired) electrons. The summed E-state index contributed by atoms with van der Waals surface area (Å²) in [6.07, 6.45) is 4.50. The lowest BCUT2D eigenvalue weighted by molar-refractivity contribution is 0.0728. The fourth-order valence-electron chi connectivity index (χ4n) is 2.71. The van der Waals surface area contributed by atoms with Gasteiger partial charge in [-0.1, -0.05) is 24.3 Å². The predicted molar refractivity (Wildman–Crippen MR) is 78.0 cm³/mol. The van der Waals surface area contributed by atoms with Crippen molar-refractivity contribution < 1.29 is 4.79 Å². The van der Waals surface area contributed by atoms with Crippen molar-refractivity contribution in [1.82, 2.24) is 14.3 Å². The molecule has 1 aliphatic heterocycles. The maximum Gasteiger partial charge on any atom is 0.272 e. The largest absolute Gasteiger partial charge is 0.333 e. The second-order valence-corrected chi connectivity index (χ2v) is 5.78. The molecule has 0 spiro atoms. The van der Waals surface area contributed by atoms with Crippen LogP contribution in [-0.4, -0.2) is 26.7 Å². The fourth-order valence-corrected chi connectivity index (χ4v) is 3.54. The molecule has 1 aromatic carbocycles. The van der Waals surface area contributed by atoms with Gasteiger partial charge in [-0.25, -0.2) is 4.98 Å². The topological polar surface area (TPSA) is 37.6 Å². The minimum absolute atomic E-state index is 0.0868. The van der Waals surface area contributed by atoms with Crippen LogP contribution in [0.5, 0.6) is 0 Å². The molecule has 0 aliphatic carbocycles. The Morgan fingerprint density at radius 2 is 2.10 bits per heavy atom. The summed E-state index contributed by atoms with van der Waals surface area (Å²) in [7, 11) is 0. The molecule has 1 aliphatic rings. The molecule has 100 valence electrons. The molecule has 20 heavy (non-hydrogen) atoms. The fraction of sp³-hybridized carbons (Fsp3) is 0.200. The SMILES string of the molecule is O=C(c1csc2nccn12)N1CCc2ccccc2C1. The highest BCUT2D eigenvalue weighted by molar-refractivity contribution is 7.15. The Balaban J connectivity index is 1.66. The molecule has 0 saturated carbocycles. The first-order valence-corrected chi connectivity index (χ1v) is 7.47. The Hall–Kier alpha value is -2.14. The molecular formula is C15H13N3OS. The van der Waals surface area contributed by atoms with Gasteiger partial charge in [0, 0.05) is 30.9 Å². The van der Waals surface area contributed by atoms with E-state index in [0.29, 0.717) is 12.2 Å². The zero-order valence-corrected chi connectivity index (χ0v) is 11.6. The number of carbonyl (C=O) groups excluding carboxylic acids is 1. The van der Waals surface area contributed by atoms with E-state index in [2.05, 4.69) is 23.2 Å². The zero-order valence-electron chi connectivity index (χ0n) is 10.8. The van der Waals surface area contributed by atoms with Gasteiger partial charge in [0.1, 0.15) is 5.69 Å². The first-order valence-electron chi connectivity index (χ1n) is 6.59. The van der Waals surface area contributed by atoms with Gasteiger partial charge in [-0.15, -0.1) is 11.3 Å². The van der Waals surface area contributed by atoms with Crippen LogP contribution in [0.4, 0.5) is 0 Å². The maximum absolute atomic E-state index is 12.7. The van der Waals surface area contributed by atoms with Crippen LogP contribution in [0.15, 0.2) is 42.0 Å². The monoisotopic (exact) mass is 283 g/mol. The third kappa shape index (κ3) is 1.74. The van der Waals surface area contributed by atoms with Crippen molar-refractivity contribution in [3.63, 3.8) is 0 Å². The average molecular weight is 283 g/mol. The van der Waals surface area contributed by atoms with Gasteiger partial charge in [-0.05, 0) is 17.5 Å². The standard InChI is InChI=1S/C15H13N3OS/c19-14(13-10-20-15-16-6-8-18(13)15)17-7-5-11-3-1-2-4-12(11)9-17/h1-4,6,8,10H,5,7,9H2. The number of carbonyl (C=O) groups is 1. The van der Waals surface area contributed by atoms with Crippen molar-refractivity contribution in [2.75, 3.05) is 6.54 Å². The number of aromatic nitrogens is 2. The molecule has 4 rings (SSSR count). The summed E-state index contributed by atoms with van der Waals surface area (Å²) >= 11 is 1.50. The van der Waals surface area contributed by atoms with Gasteiger partial charge in [0.05, 0.1) is 0 Å². The second-order valence-electron chi connectivity index (χ2n) is 4.95. The number of fused-ring (bicyclic) bond motifs is 2. The highest BCUT2D eigenvalue weighted by Crippen LogP contribution is 2.22. The summed E-state index contributed by atoms with van der Waals surface area (Å²) < 4.78 is 1.87. The minimum atomic E-state index is 0.0868. The molecule has 0 bridgehead atoms. The summed E-state index contributed by atoms with van der Waals surface area (Å²) in [5.41, 5.74) is 3.32. The molecule has 3 heterocycles. The number of rotatable bonds is 1. The highest BCUT2D eigenvalue weighted by atomic mass is 32.1. The van der Waals surface area contributed by atoms with E-state index in [1.54, 1.807) is 6.20 Å². The molecule has 0 fully saturated rings. The van der Waals surface area contributed by atoms with Crippen LogP contribution >= 0.6 is 11.3 Å². The van der Waals surface area contributed by atoms with Crippen LogP contribution in [0.3, 0.4) is 0 Å². The van der Waals surface area contributed by atoms with Gasteiger partial charge in [0.15, 0.2) is 4.96 Å². The number of amides is 1. The van der Waals surface area contributed by atoms with Crippen molar-refractivity contribution in [3.05, 3.63) is 58.9 Å². The van der Waals surface area contributed by atoms with Gasteiger partial charge < -0.3 is 4.90 Å². The Bertz CT molecular complexity index is 789. The van der Waals surface area contributed by atoms with Crippen LogP contribution in [0.2, 0.25) is 0 Å². The van der Waals surface area contributed by atoms with Crippen LogP contribution in [0.1, 0.15) is 21.6 Å². The van der Waals surface area contributed by atoms with Crippen LogP contribution in [-0.2, 0) is 13.0 Å². The Kier molecular flexibility index (Phi) is 2.60. The number of hydrogen-bond acceptors (Lipinski definition) is 3. The molecular weight excluding hydrogens is 270 g/mol. The first kappa shape index (κ1) is 11.7. The summed E-state index contributed by atoms with van der Waals surface area (Å²) in [5.74, 6) is 0.0868. The predicted octanol–water partition coefficient (Wildman–Crippen LogP) is 2.59. The third-order valence-electron chi connectivity index (χ3n) is 3.78. The van der Waals surface area contributed by atoms with E-state index < -0.39 is 0 Å². The van der Waals surface area contributed by atoms with E-state index in [4.69, 9.17) is 0 Å². The highest BCUT2D eigenvalue weighted by Gasteiger charge is 2.23. The van der Waals surface area contributed by atoms with Crippen LogP contribution < -0.4 is 0 Å². The summed E-state index contributed by atoms with van der Waals surface area (Å²) in [4.78, 5) is 19.7. The minimum Gasteiger partial charge on any atom is -0.333 e. The van der Waals surface area contributed by atoms with Crippen molar-refractivity contribution in [3.8, 4) is 0 Å². The van der Waals surface area contributed by atoms with E-state index in [0.717, 1.165) is 17.9 Å². The van der Waals surface area contributed by atoms with Crippen molar-refractivity contribution >= 4 is 22.2 Å². The molecule has 0 saturated heterocycles. The van der Waals surface area contributed by atoms with Gasteiger partial charge in [0.2, 0.25) is 0 Å². The summed E-state index contributed by atoms with van der Waals surface area (Å²) in [6, 6.07) is 8.35. The van der Waals surface area contributed by atoms with Crippen LogP contribution in [0.25, 0.3) is 4.96 Å². The quantitative estimate of drug-likeness (QED) is 0.688. The average Bonchev–Trinajstić information content (AvgIpc) is 3.09.